The summed E-state index contributed by atoms with van der Waals surface area (Å²) in [6, 6.07) is 6.19. The monoisotopic (exact) mass is 287 g/mol. The van der Waals surface area contributed by atoms with Crippen molar-refractivity contribution in [3.05, 3.63) is 35.9 Å². The Kier molecular flexibility index (Phi) is 6.58. The zero-order valence-corrected chi connectivity index (χ0v) is 11.8. The minimum atomic E-state index is -4.67. The maximum Gasteiger partial charge on any atom is 0.573 e. The summed E-state index contributed by atoms with van der Waals surface area (Å²) in [6.45, 7) is 5.63. The summed E-state index contributed by atoms with van der Waals surface area (Å²) in [5.74, 6) is -0.157. The van der Waals surface area contributed by atoms with Crippen molar-refractivity contribution in [1.29, 1.82) is 0 Å². The molecule has 112 valence electrons. The van der Waals surface area contributed by atoms with Crippen molar-refractivity contribution in [2.45, 2.75) is 33.1 Å². The van der Waals surface area contributed by atoms with Crippen LogP contribution in [0.5, 0.6) is 5.75 Å². The fraction of sp³-hybridized carbons (Fsp3) is 0.467. The van der Waals surface area contributed by atoms with Crippen molar-refractivity contribution in [1.82, 2.24) is 5.32 Å². The largest absolute Gasteiger partial charge is 0.573 e. The lowest BCUT2D eigenvalue weighted by molar-refractivity contribution is -0.274. The van der Waals surface area contributed by atoms with Crippen molar-refractivity contribution in [2.75, 3.05) is 13.1 Å². The summed E-state index contributed by atoms with van der Waals surface area (Å²) in [4.78, 5) is 0. The number of allylic oxidation sites excluding steroid dienone is 1. The molecule has 1 aromatic carbocycles. The Morgan fingerprint density at radius 3 is 2.60 bits per heavy atom. The Balaban J connectivity index is 2.72. The van der Waals surface area contributed by atoms with Crippen LogP contribution in [0.1, 0.15) is 32.3 Å². The van der Waals surface area contributed by atoms with Crippen LogP contribution >= 0.6 is 0 Å². The van der Waals surface area contributed by atoms with Crippen LogP contribution in [0.2, 0.25) is 0 Å². The van der Waals surface area contributed by atoms with E-state index in [9.17, 15) is 13.2 Å². The molecule has 1 rings (SSSR count). The molecule has 0 aliphatic rings. The summed E-state index contributed by atoms with van der Waals surface area (Å²) in [5.41, 5.74) is 1.25. The van der Waals surface area contributed by atoms with Gasteiger partial charge in [-0.2, -0.15) is 0 Å². The number of benzene rings is 1. The first-order valence-electron chi connectivity index (χ1n) is 6.66. The Morgan fingerprint density at radius 2 is 1.95 bits per heavy atom. The average Bonchev–Trinajstić information content (AvgIpc) is 2.37. The van der Waals surface area contributed by atoms with Gasteiger partial charge in [-0.25, -0.2) is 0 Å². The second kappa shape index (κ2) is 7.94. The predicted molar refractivity (Wildman–Crippen MR) is 74.6 cm³/mol. The predicted octanol–water partition coefficient (Wildman–Crippen LogP) is 4.38. The normalized spacial score (nSPS) is 12.6. The molecule has 5 heteroatoms. The van der Waals surface area contributed by atoms with Crippen LogP contribution in [-0.4, -0.2) is 19.5 Å². The highest BCUT2D eigenvalue weighted by molar-refractivity contribution is 5.68. The second-order valence-electron chi connectivity index (χ2n) is 4.47. The van der Waals surface area contributed by atoms with E-state index < -0.39 is 6.36 Å². The topological polar surface area (TPSA) is 21.3 Å². The summed E-state index contributed by atoms with van der Waals surface area (Å²) in [5, 5.41) is 3.24. The van der Waals surface area contributed by atoms with Crippen LogP contribution in [0.4, 0.5) is 13.2 Å². The molecule has 1 aromatic rings. The lowest BCUT2D eigenvalue weighted by Gasteiger charge is -2.13. The van der Waals surface area contributed by atoms with Gasteiger partial charge in [0.15, 0.2) is 0 Å². The molecule has 0 spiro atoms. The number of nitrogens with one attached hydrogen (secondary N) is 1. The number of para-hydroxylation sites is 1. The Morgan fingerprint density at radius 1 is 1.25 bits per heavy atom. The number of hydrogen-bond acceptors (Lipinski definition) is 2. The second-order valence-corrected chi connectivity index (χ2v) is 4.47. The van der Waals surface area contributed by atoms with Crippen LogP contribution in [0.25, 0.3) is 5.57 Å². The minimum Gasteiger partial charge on any atom is -0.405 e. The molecule has 0 saturated heterocycles. The zero-order chi connectivity index (χ0) is 15.0. The first-order valence-corrected chi connectivity index (χ1v) is 6.66. The van der Waals surface area contributed by atoms with Crippen molar-refractivity contribution in [3.8, 4) is 5.75 Å². The van der Waals surface area contributed by atoms with Crippen molar-refractivity contribution < 1.29 is 17.9 Å². The van der Waals surface area contributed by atoms with Crippen LogP contribution in [0.3, 0.4) is 0 Å². The van der Waals surface area contributed by atoms with E-state index in [1.54, 1.807) is 19.1 Å². The highest BCUT2D eigenvalue weighted by Crippen LogP contribution is 2.30. The van der Waals surface area contributed by atoms with Gasteiger partial charge < -0.3 is 10.1 Å². The van der Waals surface area contributed by atoms with E-state index in [0.29, 0.717) is 5.56 Å². The van der Waals surface area contributed by atoms with Gasteiger partial charge in [-0.15, -0.1) is 13.2 Å². The molecule has 0 bridgehead atoms. The van der Waals surface area contributed by atoms with Gasteiger partial charge in [0.25, 0.3) is 0 Å². The Bertz CT molecular complexity index is 441. The lowest BCUT2D eigenvalue weighted by atomic mass is 10.1. The van der Waals surface area contributed by atoms with Gasteiger partial charge in [-0.05, 0) is 44.5 Å². The van der Waals surface area contributed by atoms with Crippen molar-refractivity contribution in [2.24, 2.45) is 0 Å². The molecule has 20 heavy (non-hydrogen) atoms. The first-order chi connectivity index (χ1) is 9.44. The van der Waals surface area contributed by atoms with E-state index in [1.807, 2.05) is 6.08 Å². The minimum absolute atomic E-state index is 0.157. The number of rotatable bonds is 7. The first kappa shape index (κ1) is 16.6. The fourth-order valence-corrected chi connectivity index (χ4v) is 1.81. The maximum atomic E-state index is 12.3. The van der Waals surface area contributed by atoms with Gasteiger partial charge in [0.05, 0.1) is 0 Å². The zero-order valence-electron chi connectivity index (χ0n) is 11.8. The quantitative estimate of drug-likeness (QED) is 0.751. The molecule has 0 amide bonds. The van der Waals surface area contributed by atoms with E-state index in [1.165, 1.54) is 12.1 Å². The Labute approximate surface area is 117 Å². The smallest absolute Gasteiger partial charge is 0.405 e. The Hall–Kier alpha value is -1.49. The molecular formula is C15H20F3NO. The lowest BCUT2D eigenvalue weighted by Crippen LogP contribution is -2.18. The third-order valence-corrected chi connectivity index (χ3v) is 2.74. The van der Waals surface area contributed by atoms with Crippen LogP contribution < -0.4 is 10.1 Å². The molecule has 0 radical (unpaired) electrons. The molecule has 0 saturated carbocycles. The van der Waals surface area contributed by atoms with Gasteiger partial charge in [0.1, 0.15) is 5.75 Å². The molecule has 0 fully saturated rings. The fourth-order valence-electron chi connectivity index (χ4n) is 1.81. The molecule has 0 unspecified atom stereocenters. The molecule has 0 aliphatic carbocycles. The van der Waals surface area contributed by atoms with E-state index in [-0.39, 0.29) is 5.75 Å². The third-order valence-electron chi connectivity index (χ3n) is 2.74. The molecular weight excluding hydrogens is 267 g/mol. The standard InChI is InChI=1S/C15H20F3NO/c1-3-10-19-11-6-7-12(2)13-8-4-5-9-14(13)20-15(16,17)18/h4-5,7-9,19H,3,6,10-11H2,1-2H3. The number of ether oxygens (including phenoxy) is 1. The molecule has 0 aliphatic heterocycles. The van der Waals surface area contributed by atoms with Crippen LogP contribution in [0, 0.1) is 0 Å². The molecule has 0 aromatic heterocycles. The van der Waals surface area contributed by atoms with Gasteiger partial charge in [-0.1, -0.05) is 31.2 Å². The number of hydrogen-bond donors (Lipinski definition) is 1. The van der Waals surface area contributed by atoms with E-state index in [0.717, 1.165) is 31.5 Å². The maximum absolute atomic E-state index is 12.3. The number of alkyl halides is 3. The summed E-state index contributed by atoms with van der Waals surface area (Å²) in [6.07, 6.45) is -0.919. The molecule has 0 heterocycles. The summed E-state index contributed by atoms with van der Waals surface area (Å²) >= 11 is 0. The third kappa shape index (κ3) is 6.10. The molecule has 0 atom stereocenters. The van der Waals surface area contributed by atoms with Gasteiger partial charge in [0.2, 0.25) is 0 Å². The van der Waals surface area contributed by atoms with Crippen molar-refractivity contribution >= 4 is 5.57 Å². The average molecular weight is 287 g/mol. The van der Waals surface area contributed by atoms with Crippen LogP contribution in [-0.2, 0) is 0 Å². The van der Waals surface area contributed by atoms with E-state index in [2.05, 4.69) is 17.0 Å². The van der Waals surface area contributed by atoms with Gasteiger partial charge in [0, 0.05) is 5.56 Å². The molecule has 1 N–H and O–H groups in total. The highest BCUT2D eigenvalue weighted by Gasteiger charge is 2.32. The van der Waals surface area contributed by atoms with E-state index >= 15 is 0 Å². The summed E-state index contributed by atoms with van der Waals surface area (Å²) < 4.78 is 41.0. The highest BCUT2D eigenvalue weighted by atomic mass is 19.4. The summed E-state index contributed by atoms with van der Waals surface area (Å²) in [7, 11) is 0. The van der Waals surface area contributed by atoms with Gasteiger partial charge in [-0.3, -0.25) is 0 Å². The van der Waals surface area contributed by atoms with E-state index in [4.69, 9.17) is 0 Å². The van der Waals surface area contributed by atoms with Crippen molar-refractivity contribution in [3.63, 3.8) is 0 Å². The number of halogens is 3. The van der Waals surface area contributed by atoms with Gasteiger partial charge >= 0.3 is 6.36 Å². The SMILES string of the molecule is CCCNCCC=C(C)c1ccccc1OC(F)(F)F. The molecule has 2 nitrogen and oxygen atoms in total. The van der Waals surface area contributed by atoms with Crippen LogP contribution in [0.15, 0.2) is 30.3 Å².